The lowest BCUT2D eigenvalue weighted by atomic mass is 9.36. The van der Waals surface area contributed by atoms with Gasteiger partial charge in [-0.25, -0.2) is 4.98 Å². The first-order valence-electron chi connectivity index (χ1n) is 20.7. The lowest BCUT2D eigenvalue weighted by molar-refractivity contribution is -0.214. The molecule has 1 heterocycles. The number of allylic oxidation sites excluding steroid dienone is 2. The fraction of sp³-hybridized carbons (Fsp3) is 0.818. The van der Waals surface area contributed by atoms with Crippen molar-refractivity contribution in [1.29, 1.82) is 0 Å². The SMILES string of the molecule is CC(C)C1=C2C3CCC4C(C)(CCC5C(C)(C)C(OC(=O)CC(C)(C)C(=O)O)CCC54C)C3CCC2(CCN(CCN(C)C)Cc2nccs2)CC1=O. The van der Waals surface area contributed by atoms with E-state index in [2.05, 4.69) is 75.8 Å². The molecule has 4 saturated carbocycles. The quantitative estimate of drug-likeness (QED) is 0.200. The average Bonchev–Trinajstić information content (AvgIpc) is 3.68. The molecular weight excluding hydrogens is 683 g/mol. The minimum atomic E-state index is -1.14. The van der Waals surface area contributed by atoms with Gasteiger partial charge in [0.25, 0.3) is 0 Å². The van der Waals surface area contributed by atoms with Crippen molar-refractivity contribution in [3.63, 3.8) is 0 Å². The number of esters is 1. The second-order valence-corrected chi connectivity index (χ2v) is 21.3. The zero-order valence-corrected chi connectivity index (χ0v) is 35.4. The van der Waals surface area contributed by atoms with E-state index < -0.39 is 17.4 Å². The summed E-state index contributed by atoms with van der Waals surface area (Å²) in [5.74, 6) is 1.37. The predicted molar refractivity (Wildman–Crippen MR) is 211 cm³/mol. The van der Waals surface area contributed by atoms with Crippen LogP contribution in [0.15, 0.2) is 22.7 Å². The van der Waals surface area contributed by atoms with E-state index in [9.17, 15) is 19.5 Å². The predicted octanol–water partition coefficient (Wildman–Crippen LogP) is 8.90. The maximum atomic E-state index is 14.1. The Kier molecular flexibility index (Phi) is 11.3. The van der Waals surface area contributed by atoms with Gasteiger partial charge in [0, 0.05) is 41.9 Å². The van der Waals surface area contributed by atoms with Crippen molar-refractivity contribution in [2.75, 3.05) is 33.7 Å². The first-order chi connectivity index (χ1) is 24.7. The lowest BCUT2D eigenvalue weighted by Gasteiger charge is -2.69. The van der Waals surface area contributed by atoms with Crippen molar-refractivity contribution in [2.45, 2.75) is 139 Å². The van der Waals surface area contributed by atoms with Gasteiger partial charge >= 0.3 is 11.9 Å². The summed E-state index contributed by atoms with van der Waals surface area (Å²) < 4.78 is 6.18. The molecule has 53 heavy (non-hydrogen) atoms. The number of hydrogen-bond donors (Lipinski definition) is 1. The monoisotopic (exact) mass is 751 g/mol. The minimum absolute atomic E-state index is 0.0273. The van der Waals surface area contributed by atoms with Crippen LogP contribution in [0.25, 0.3) is 0 Å². The summed E-state index contributed by atoms with van der Waals surface area (Å²) in [4.78, 5) is 48.4. The van der Waals surface area contributed by atoms with Gasteiger partial charge in [-0.15, -0.1) is 11.3 Å². The number of aromatic nitrogens is 1. The van der Waals surface area contributed by atoms with Crippen LogP contribution in [0.2, 0.25) is 0 Å². The molecule has 0 aliphatic heterocycles. The van der Waals surface area contributed by atoms with Gasteiger partial charge in [-0.1, -0.05) is 47.1 Å². The number of rotatable bonds is 13. The standard InChI is InChI=1S/C44H69N3O5S/c1-28(2)37-31(48)25-44(19-21-47(23-22-46(9)10)27-35-45-20-24-53-35)18-13-30-29(38(37)44)11-12-33-42(30,7)16-14-32-41(5,6)34(15-17-43(32,33)8)52-36(49)26-40(3,4)39(50)51/h20,24,28-30,32-34H,11-19,21-23,25-27H2,1-10H3,(H,50,51). The smallest absolute Gasteiger partial charge is 0.309 e. The lowest BCUT2D eigenvalue weighted by Crippen LogP contribution is -2.63. The second kappa shape index (κ2) is 14.8. The molecule has 0 amide bonds. The molecule has 0 spiro atoms. The highest BCUT2D eigenvalue weighted by molar-refractivity contribution is 7.09. The third-order valence-corrected chi connectivity index (χ3v) is 16.5. The molecular formula is C44H69N3O5S. The number of carboxylic acids is 1. The van der Waals surface area contributed by atoms with E-state index in [1.165, 1.54) is 36.3 Å². The summed E-state index contributed by atoms with van der Waals surface area (Å²) in [5.41, 5.74) is 1.73. The molecule has 4 fully saturated rings. The van der Waals surface area contributed by atoms with Crippen LogP contribution < -0.4 is 0 Å². The molecule has 8 unspecified atom stereocenters. The Morgan fingerprint density at radius 2 is 1.70 bits per heavy atom. The molecule has 0 radical (unpaired) electrons. The molecule has 5 aliphatic carbocycles. The van der Waals surface area contributed by atoms with Crippen molar-refractivity contribution in [2.24, 2.45) is 56.7 Å². The van der Waals surface area contributed by atoms with Gasteiger partial charge in [0.1, 0.15) is 11.1 Å². The molecule has 8 atom stereocenters. The number of ether oxygens (including phenoxy) is 1. The van der Waals surface area contributed by atoms with Crippen LogP contribution in [0.1, 0.15) is 131 Å². The van der Waals surface area contributed by atoms with Gasteiger partial charge in [-0.2, -0.15) is 0 Å². The number of carbonyl (C=O) groups excluding carboxylic acids is 2. The second-order valence-electron chi connectivity index (χ2n) is 20.3. The number of hydrogen-bond acceptors (Lipinski definition) is 8. The largest absolute Gasteiger partial charge is 0.481 e. The maximum Gasteiger partial charge on any atom is 0.309 e. The Bertz CT molecular complexity index is 1570. The molecule has 0 bridgehead atoms. The van der Waals surface area contributed by atoms with Gasteiger partial charge < -0.3 is 14.7 Å². The van der Waals surface area contributed by atoms with Crippen LogP contribution in [-0.4, -0.2) is 77.4 Å². The van der Waals surface area contributed by atoms with E-state index in [0.29, 0.717) is 35.9 Å². The Hall–Kier alpha value is -2.10. The molecule has 6 rings (SSSR count). The number of nitrogens with zero attached hydrogens (tertiary/aromatic N) is 3. The molecule has 5 aliphatic rings. The number of aliphatic carboxylic acids is 1. The third kappa shape index (κ3) is 7.34. The van der Waals surface area contributed by atoms with Crippen molar-refractivity contribution >= 4 is 29.1 Å². The van der Waals surface area contributed by atoms with Crippen molar-refractivity contribution in [3.8, 4) is 0 Å². The summed E-state index contributed by atoms with van der Waals surface area (Å²) in [6.07, 6.45) is 12.2. The molecule has 9 heteroatoms. The number of fused-ring (bicyclic) bond motifs is 7. The Labute approximate surface area is 323 Å². The van der Waals surface area contributed by atoms with Crippen LogP contribution in [0.4, 0.5) is 0 Å². The number of likely N-dealkylation sites (N-methyl/N-ethyl adjacent to an activating group) is 1. The topological polar surface area (TPSA) is 100 Å². The highest BCUT2D eigenvalue weighted by atomic mass is 32.1. The van der Waals surface area contributed by atoms with E-state index in [1.807, 2.05) is 6.20 Å². The van der Waals surface area contributed by atoms with Crippen LogP contribution in [0.3, 0.4) is 0 Å². The number of ketones is 1. The van der Waals surface area contributed by atoms with E-state index in [4.69, 9.17) is 4.74 Å². The maximum absolute atomic E-state index is 14.1. The number of thiazole rings is 1. The molecule has 0 saturated heterocycles. The summed E-state index contributed by atoms with van der Waals surface area (Å²) in [5, 5.41) is 12.9. The van der Waals surface area contributed by atoms with Crippen molar-refractivity contribution in [3.05, 3.63) is 27.7 Å². The third-order valence-electron chi connectivity index (χ3n) is 15.7. The van der Waals surface area contributed by atoms with Crippen molar-refractivity contribution < 1.29 is 24.2 Å². The van der Waals surface area contributed by atoms with E-state index in [1.54, 1.807) is 30.8 Å². The van der Waals surface area contributed by atoms with Gasteiger partial charge in [-0.3, -0.25) is 19.3 Å². The van der Waals surface area contributed by atoms with E-state index >= 15 is 0 Å². The van der Waals surface area contributed by atoms with Crippen LogP contribution >= 0.6 is 11.3 Å². The van der Waals surface area contributed by atoms with Gasteiger partial charge in [0.05, 0.1) is 18.4 Å². The van der Waals surface area contributed by atoms with E-state index in [0.717, 1.165) is 58.3 Å². The van der Waals surface area contributed by atoms with Gasteiger partial charge in [0.2, 0.25) is 0 Å². The zero-order valence-electron chi connectivity index (χ0n) is 34.6. The van der Waals surface area contributed by atoms with Crippen LogP contribution in [0.5, 0.6) is 0 Å². The first kappa shape index (κ1) is 40.6. The molecule has 8 nitrogen and oxygen atoms in total. The number of Topliss-reactive ketones (excluding diaryl/α,β-unsaturated/α-hetero) is 1. The number of carboxylic acid groups (broad SMARTS) is 1. The summed E-state index contributed by atoms with van der Waals surface area (Å²) in [6, 6.07) is 0. The van der Waals surface area contributed by atoms with Gasteiger partial charge in [0.15, 0.2) is 5.78 Å². The molecule has 1 aromatic heterocycles. The summed E-state index contributed by atoms with van der Waals surface area (Å²) in [6.45, 7) is 21.3. The fourth-order valence-electron chi connectivity index (χ4n) is 13.1. The zero-order chi connectivity index (χ0) is 38.7. The average molecular weight is 752 g/mol. The number of carbonyl (C=O) groups is 3. The highest BCUT2D eigenvalue weighted by Gasteiger charge is 2.66. The molecule has 0 aromatic carbocycles. The van der Waals surface area contributed by atoms with E-state index in [-0.39, 0.29) is 40.1 Å². The highest BCUT2D eigenvalue weighted by Crippen LogP contribution is 2.73. The Morgan fingerprint density at radius 1 is 0.981 bits per heavy atom. The minimum Gasteiger partial charge on any atom is -0.481 e. The Morgan fingerprint density at radius 3 is 2.34 bits per heavy atom. The van der Waals surface area contributed by atoms with Gasteiger partial charge in [-0.05, 0) is 138 Å². The van der Waals surface area contributed by atoms with Crippen LogP contribution in [0, 0.1) is 56.7 Å². The first-order valence-corrected chi connectivity index (χ1v) is 21.6. The van der Waals surface area contributed by atoms with Crippen molar-refractivity contribution in [1.82, 2.24) is 14.8 Å². The molecule has 1 aromatic rings. The molecule has 296 valence electrons. The fourth-order valence-corrected chi connectivity index (χ4v) is 13.7. The summed E-state index contributed by atoms with van der Waals surface area (Å²) in [7, 11) is 4.29. The Balaban J connectivity index is 1.23. The summed E-state index contributed by atoms with van der Waals surface area (Å²) >= 11 is 1.74. The van der Waals surface area contributed by atoms with Crippen LogP contribution in [-0.2, 0) is 25.7 Å². The normalized spacial score (nSPS) is 35.3. The molecule has 1 N–H and O–H groups in total.